The summed E-state index contributed by atoms with van der Waals surface area (Å²) in [5, 5.41) is 10.7. The van der Waals surface area contributed by atoms with E-state index in [0.29, 0.717) is 5.91 Å². The van der Waals surface area contributed by atoms with Crippen molar-refractivity contribution >= 4 is 5.91 Å². The Morgan fingerprint density at radius 1 is 1.23 bits per heavy atom. The number of piperidine rings is 2. The van der Waals surface area contributed by atoms with Gasteiger partial charge in [-0.2, -0.15) is 0 Å². The fourth-order valence-electron chi connectivity index (χ4n) is 4.37. The molecule has 22 heavy (non-hydrogen) atoms. The number of hydrogen-bond acceptors (Lipinski definition) is 3. The predicted molar refractivity (Wildman–Crippen MR) is 87.5 cm³/mol. The molecule has 0 unspecified atom stereocenters. The zero-order chi connectivity index (χ0) is 15.6. The lowest BCUT2D eigenvalue weighted by Gasteiger charge is -2.51. The molecule has 0 radical (unpaired) electrons. The third-order valence-corrected chi connectivity index (χ3v) is 5.99. The first-order chi connectivity index (χ1) is 10.6. The van der Waals surface area contributed by atoms with Gasteiger partial charge in [0.15, 0.2) is 0 Å². The van der Waals surface area contributed by atoms with Gasteiger partial charge in [0.05, 0.1) is 6.10 Å². The number of aliphatic hydroxyl groups is 1. The molecule has 1 N–H and O–H groups in total. The number of rotatable bonds is 4. The Hall–Kier alpha value is -0.870. The van der Waals surface area contributed by atoms with Gasteiger partial charge in [0.1, 0.15) is 0 Å². The van der Waals surface area contributed by atoms with Crippen molar-refractivity contribution in [3.05, 3.63) is 12.7 Å². The third kappa shape index (κ3) is 3.09. The molecule has 4 heteroatoms. The molecule has 124 valence electrons. The number of carbonyl (C=O) groups is 1. The van der Waals surface area contributed by atoms with E-state index in [-0.39, 0.29) is 17.4 Å². The Labute approximate surface area is 134 Å². The van der Waals surface area contributed by atoms with E-state index >= 15 is 0 Å². The van der Waals surface area contributed by atoms with Crippen molar-refractivity contribution in [2.75, 3.05) is 32.7 Å². The van der Waals surface area contributed by atoms with E-state index < -0.39 is 0 Å². The van der Waals surface area contributed by atoms with E-state index in [9.17, 15) is 9.90 Å². The molecule has 3 rings (SSSR count). The predicted octanol–water partition coefficient (Wildman–Crippen LogP) is 2.04. The summed E-state index contributed by atoms with van der Waals surface area (Å²) in [7, 11) is 0. The van der Waals surface area contributed by atoms with Crippen LogP contribution in [0.15, 0.2) is 12.7 Å². The molecule has 1 saturated carbocycles. The lowest BCUT2D eigenvalue weighted by Crippen LogP contribution is -2.60. The molecule has 3 aliphatic rings. The van der Waals surface area contributed by atoms with Gasteiger partial charge >= 0.3 is 0 Å². The summed E-state index contributed by atoms with van der Waals surface area (Å²) in [5.41, 5.74) is -0.100. The van der Waals surface area contributed by atoms with Crippen molar-refractivity contribution in [1.29, 1.82) is 0 Å². The maximum absolute atomic E-state index is 12.6. The van der Waals surface area contributed by atoms with Gasteiger partial charge in [-0.1, -0.05) is 12.5 Å². The van der Waals surface area contributed by atoms with Crippen molar-refractivity contribution in [3.8, 4) is 0 Å². The number of aliphatic hydroxyl groups excluding tert-OH is 1. The van der Waals surface area contributed by atoms with Gasteiger partial charge in [0, 0.05) is 44.1 Å². The number of likely N-dealkylation sites (tertiary alicyclic amines) is 2. The Balaban J connectivity index is 1.66. The molecule has 2 aliphatic heterocycles. The van der Waals surface area contributed by atoms with E-state index in [4.69, 9.17) is 0 Å². The first kappa shape index (κ1) is 16.0. The fourth-order valence-corrected chi connectivity index (χ4v) is 4.37. The van der Waals surface area contributed by atoms with Crippen LogP contribution < -0.4 is 0 Å². The van der Waals surface area contributed by atoms with Crippen LogP contribution in [-0.4, -0.2) is 59.6 Å². The van der Waals surface area contributed by atoms with E-state index in [1.54, 1.807) is 0 Å². The van der Waals surface area contributed by atoms with Crippen LogP contribution in [0.25, 0.3) is 0 Å². The molecule has 0 aromatic carbocycles. The van der Waals surface area contributed by atoms with Crippen molar-refractivity contribution < 1.29 is 9.90 Å². The standard InChI is InChI=1S/C18H30N2O2/c1-2-3-10-19-12-8-16(21)18(13-19)9-5-11-20(14-18)17(22)15-6-4-7-15/h2,15-16,21H,1,3-14H2/t16-,18-/m1/s1. The van der Waals surface area contributed by atoms with Gasteiger partial charge in [-0.3, -0.25) is 4.79 Å². The highest BCUT2D eigenvalue weighted by Crippen LogP contribution is 2.40. The minimum atomic E-state index is -0.260. The summed E-state index contributed by atoms with van der Waals surface area (Å²) in [6, 6.07) is 0. The van der Waals surface area contributed by atoms with Gasteiger partial charge < -0.3 is 14.9 Å². The Bertz CT molecular complexity index is 421. The summed E-state index contributed by atoms with van der Waals surface area (Å²) in [6.07, 6.45) is 8.95. The molecule has 2 saturated heterocycles. The monoisotopic (exact) mass is 306 g/mol. The van der Waals surface area contributed by atoms with Crippen molar-refractivity contribution in [2.45, 2.75) is 51.0 Å². The molecular formula is C18H30N2O2. The van der Waals surface area contributed by atoms with Crippen LogP contribution >= 0.6 is 0 Å². The summed E-state index contributed by atoms with van der Waals surface area (Å²) in [4.78, 5) is 17.1. The average molecular weight is 306 g/mol. The van der Waals surface area contributed by atoms with Crippen LogP contribution in [-0.2, 0) is 4.79 Å². The molecule has 1 amide bonds. The highest BCUT2D eigenvalue weighted by molar-refractivity contribution is 5.79. The first-order valence-corrected chi connectivity index (χ1v) is 8.95. The Morgan fingerprint density at radius 2 is 2.05 bits per heavy atom. The summed E-state index contributed by atoms with van der Waals surface area (Å²) in [5.74, 6) is 0.619. The molecule has 1 spiro atoms. The maximum Gasteiger partial charge on any atom is 0.225 e. The molecule has 0 aromatic rings. The van der Waals surface area contributed by atoms with E-state index in [1.807, 2.05) is 6.08 Å². The van der Waals surface area contributed by atoms with Gasteiger partial charge in [0.2, 0.25) is 5.91 Å². The van der Waals surface area contributed by atoms with Crippen LogP contribution in [0.3, 0.4) is 0 Å². The smallest absolute Gasteiger partial charge is 0.225 e. The molecule has 2 atom stereocenters. The number of hydrogen-bond donors (Lipinski definition) is 1. The van der Waals surface area contributed by atoms with Crippen LogP contribution in [0.1, 0.15) is 44.9 Å². The quantitative estimate of drug-likeness (QED) is 0.808. The van der Waals surface area contributed by atoms with Crippen LogP contribution in [0.4, 0.5) is 0 Å². The first-order valence-electron chi connectivity index (χ1n) is 8.95. The maximum atomic E-state index is 12.6. The second kappa shape index (κ2) is 6.71. The molecule has 0 aromatic heterocycles. The van der Waals surface area contributed by atoms with Gasteiger partial charge in [-0.15, -0.1) is 6.58 Å². The second-order valence-corrected chi connectivity index (χ2v) is 7.51. The minimum absolute atomic E-state index is 0.100. The van der Waals surface area contributed by atoms with E-state index in [0.717, 1.165) is 71.2 Å². The lowest BCUT2D eigenvalue weighted by molar-refractivity contribution is -0.148. The highest BCUT2D eigenvalue weighted by Gasteiger charge is 2.47. The molecular weight excluding hydrogens is 276 g/mol. The summed E-state index contributed by atoms with van der Waals surface area (Å²) < 4.78 is 0. The Kier molecular flexibility index (Phi) is 4.88. The van der Waals surface area contributed by atoms with Crippen LogP contribution in [0.5, 0.6) is 0 Å². The molecule has 0 bridgehead atoms. The summed E-state index contributed by atoms with van der Waals surface area (Å²) in [6.45, 7) is 8.36. The molecule has 4 nitrogen and oxygen atoms in total. The summed E-state index contributed by atoms with van der Waals surface area (Å²) >= 11 is 0. The molecule has 1 aliphatic carbocycles. The third-order valence-electron chi connectivity index (χ3n) is 5.99. The van der Waals surface area contributed by atoms with E-state index in [1.165, 1.54) is 6.42 Å². The average Bonchev–Trinajstić information content (AvgIpc) is 2.47. The van der Waals surface area contributed by atoms with Crippen LogP contribution in [0.2, 0.25) is 0 Å². The topological polar surface area (TPSA) is 43.8 Å². The van der Waals surface area contributed by atoms with Gasteiger partial charge in [-0.25, -0.2) is 0 Å². The number of carbonyl (C=O) groups excluding carboxylic acids is 1. The Morgan fingerprint density at radius 3 is 2.73 bits per heavy atom. The molecule has 2 heterocycles. The SMILES string of the molecule is C=CCCN1CC[C@@H](O)[C@]2(CCCN(C(=O)C3CCC3)C2)C1. The lowest BCUT2D eigenvalue weighted by atomic mass is 9.71. The van der Waals surface area contributed by atoms with Gasteiger partial charge in [-0.05, 0) is 38.5 Å². The van der Waals surface area contributed by atoms with Crippen LogP contribution in [0, 0.1) is 11.3 Å². The van der Waals surface area contributed by atoms with E-state index in [2.05, 4.69) is 16.4 Å². The normalized spacial score (nSPS) is 33.7. The van der Waals surface area contributed by atoms with Crippen molar-refractivity contribution in [1.82, 2.24) is 9.80 Å². The van der Waals surface area contributed by atoms with Crippen molar-refractivity contribution in [2.24, 2.45) is 11.3 Å². The zero-order valence-corrected chi connectivity index (χ0v) is 13.7. The highest BCUT2D eigenvalue weighted by atomic mass is 16.3. The fraction of sp³-hybridized carbons (Fsp3) is 0.833. The molecule has 3 fully saturated rings. The largest absolute Gasteiger partial charge is 0.392 e. The zero-order valence-electron chi connectivity index (χ0n) is 13.7. The minimum Gasteiger partial charge on any atom is -0.392 e. The van der Waals surface area contributed by atoms with Crippen molar-refractivity contribution in [3.63, 3.8) is 0 Å². The number of amides is 1. The van der Waals surface area contributed by atoms with Gasteiger partial charge in [0.25, 0.3) is 0 Å². The second-order valence-electron chi connectivity index (χ2n) is 7.51. The number of nitrogens with zero attached hydrogens (tertiary/aromatic N) is 2.